The van der Waals surface area contributed by atoms with Crippen molar-refractivity contribution in [2.24, 2.45) is 7.05 Å². The normalized spacial score (nSPS) is 20.4. The van der Waals surface area contributed by atoms with Gasteiger partial charge in [-0.2, -0.15) is 5.10 Å². The van der Waals surface area contributed by atoms with E-state index in [2.05, 4.69) is 20.6 Å². The van der Waals surface area contributed by atoms with Gasteiger partial charge in [0, 0.05) is 31.4 Å². The molecule has 9 nitrogen and oxygen atoms in total. The van der Waals surface area contributed by atoms with E-state index in [-0.39, 0.29) is 12.1 Å². The smallest absolute Gasteiger partial charge is 0.319 e. The van der Waals surface area contributed by atoms with Crippen LogP contribution >= 0.6 is 0 Å². The highest BCUT2D eigenvalue weighted by Gasteiger charge is 2.40. The predicted molar refractivity (Wildman–Crippen MR) is 110 cm³/mol. The van der Waals surface area contributed by atoms with Crippen molar-refractivity contribution in [1.29, 1.82) is 0 Å². The Bertz CT molecular complexity index is 1060. The van der Waals surface area contributed by atoms with E-state index in [0.717, 1.165) is 47.7 Å². The lowest BCUT2D eigenvalue weighted by Crippen LogP contribution is -2.38. The molecule has 2 N–H and O–H groups in total. The fourth-order valence-electron chi connectivity index (χ4n) is 4.09. The number of hydrogen-bond donors (Lipinski definition) is 2. The number of benzene rings is 1. The van der Waals surface area contributed by atoms with E-state index in [1.165, 1.54) is 0 Å². The lowest BCUT2D eigenvalue weighted by molar-refractivity contribution is 0.0989. The Kier molecular flexibility index (Phi) is 4.31. The minimum absolute atomic E-state index is 0.220. The summed E-state index contributed by atoms with van der Waals surface area (Å²) in [6, 6.07) is 7.68. The summed E-state index contributed by atoms with van der Waals surface area (Å²) in [7, 11) is 1.92. The van der Waals surface area contributed by atoms with Crippen LogP contribution in [0.2, 0.25) is 0 Å². The minimum atomic E-state index is -0.220. The summed E-state index contributed by atoms with van der Waals surface area (Å²) < 4.78 is 7.59. The van der Waals surface area contributed by atoms with E-state index in [4.69, 9.17) is 14.7 Å². The van der Waals surface area contributed by atoms with Crippen molar-refractivity contribution in [3.63, 3.8) is 0 Å². The number of carbonyl (C=O) groups is 1. The van der Waals surface area contributed by atoms with Gasteiger partial charge in [0.15, 0.2) is 11.6 Å². The van der Waals surface area contributed by atoms with Gasteiger partial charge in [0.2, 0.25) is 0 Å². The maximum Gasteiger partial charge on any atom is 0.319 e. The summed E-state index contributed by atoms with van der Waals surface area (Å²) >= 11 is 0. The third-order valence-electron chi connectivity index (χ3n) is 5.48. The number of ether oxygens (including phenoxy) is 1. The molecule has 2 bridgehead atoms. The van der Waals surface area contributed by atoms with Crippen molar-refractivity contribution >= 4 is 28.6 Å². The van der Waals surface area contributed by atoms with Crippen LogP contribution in [0.1, 0.15) is 13.3 Å². The number of carbonyl (C=O) groups excluding carboxylic acids is 1. The average molecular weight is 393 g/mol. The standard InChI is InChI=1S/C20H23N7O2/c1-3-21-20(28)23-13-6-4-12(5-7-13)18-24-16-9-22-26(2)17(16)19(25-18)27-10-15-8-14(27)11-29-15/h4-7,9,14-15H,3,8,10-11H2,1-2H3,(H2,21,23,28). The van der Waals surface area contributed by atoms with Crippen LogP contribution in [0.25, 0.3) is 22.4 Å². The zero-order chi connectivity index (χ0) is 20.0. The number of nitrogens with zero attached hydrogens (tertiary/aromatic N) is 5. The van der Waals surface area contributed by atoms with Gasteiger partial charge >= 0.3 is 6.03 Å². The fourth-order valence-corrected chi connectivity index (χ4v) is 4.09. The Morgan fingerprint density at radius 1 is 1.28 bits per heavy atom. The van der Waals surface area contributed by atoms with Crippen LogP contribution in [0, 0.1) is 0 Å². The molecule has 2 aliphatic heterocycles. The van der Waals surface area contributed by atoms with E-state index in [9.17, 15) is 4.79 Å². The molecule has 0 aliphatic carbocycles. The molecule has 2 saturated heterocycles. The van der Waals surface area contributed by atoms with Gasteiger partial charge in [-0.15, -0.1) is 0 Å². The van der Waals surface area contributed by atoms with E-state index < -0.39 is 0 Å². The van der Waals surface area contributed by atoms with E-state index >= 15 is 0 Å². The van der Waals surface area contributed by atoms with Crippen molar-refractivity contribution in [3.8, 4) is 11.4 Å². The topological polar surface area (TPSA) is 97.2 Å². The Labute approximate surface area is 168 Å². The number of anilines is 2. The molecular weight excluding hydrogens is 370 g/mol. The van der Waals surface area contributed by atoms with Crippen LogP contribution in [0.4, 0.5) is 16.3 Å². The van der Waals surface area contributed by atoms with Gasteiger partial charge in [0.05, 0.1) is 24.9 Å². The zero-order valence-corrected chi connectivity index (χ0v) is 16.4. The van der Waals surface area contributed by atoms with Crippen molar-refractivity contribution in [1.82, 2.24) is 25.1 Å². The second-order valence-electron chi connectivity index (χ2n) is 7.43. The minimum Gasteiger partial charge on any atom is -0.374 e. The molecule has 3 aromatic rings. The number of aromatic nitrogens is 4. The highest BCUT2D eigenvalue weighted by molar-refractivity contribution is 5.90. The van der Waals surface area contributed by atoms with E-state index in [1.54, 1.807) is 6.20 Å². The lowest BCUT2D eigenvalue weighted by Gasteiger charge is -2.28. The highest BCUT2D eigenvalue weighted by Crippen LogP contribution is 2.36. The summed E-state index contributed by atoms with van der Waals surface area (Å²) in [5.41, 5.74) is 3.37. The van der Waals surface area contributed by atoms with Crippen molar-refractivity contribution in [2.75, 3.05) is 29.9 Å². The summed E-state index contributed by atoms with van der Waals surface area (Å²) in [6.45, 7) is 4.04. The quantitative estimate of drug-likeness (QED) is 0.705. The number of aryl methyl sites for hydroxylation is 1. The molecule has 2 amide bonds. The number of amides is 2. The number of urea groups is 1. The number of morpholine rings is 1. The lowest BCUT2D eigenvalue weighted by atomic mass is 10.2. The monoisotopic (exact) mass is 393 g/mol. The van der Waals surface area contributed by atoms with Crippen LogP contribution in [0.3, 0.4) is 0 Å². The molecule has 0 saturated carbocycles. The number of nitrogens with one attached hydrogen (secondary N) is 2. The third kappa shape index (κ3) is 3.17. The van der Waals surface area contributed by atoms with Crippen LogP contribution in [0.5, 0.6) is 0 Å². The molecule has 0 spiro atoms. The molecule has 0 radical (unpaired) electrons. The van der Waals surface area contributed by atoms with Gasteiger partial charge in [0.1, 0.15) is 11.0 Å². The van der Waals surface area contributed by atoms with Gasteiger partial charge < -0.3 is 20.3 Å². The molecule has 4 heterocycles. The molecule has 150 valence electrons. The maximum absolute atomic E-state index is 11.7. The Morgan fingerprint density at radius 3 is 2.79 bits per heavy atom. The molecule has 9 heteroatoms. The molecule has 2 aliphatic rings. The molecule has 29 heavy (non-hydrogen) atoms. The first kappa shape index (κ1) is 17.9. The molecule has 2 aromatic heterocycles. The Balaban J connectivity index is 1.50. The molecule has 1 aromatic carbocycles. The zero-order valence-electron chi connectivity index (χ0n) is 16.4. The Hall–Kier alpha value is -3.20. The van der Waals surface area contributed by atoms with E-state index in [0.29, 0.717) is 18.4 Å². The van der Waals surface area contributed by atoms with Crippen LogP contribution < -0.4 is 15.5 Å². The molecule has 2 atom stereocenters. The maximum atomic E-state index is 11.7. The van der Waals surface area contributed by atoms with Crippen LogP contribution in [-0.4, -0.2) is 57.6 Å². The largest absolute Gasteiger partial charge is 0.374 e. The predicted octanol–water partition coefficient (Wildman–Crippen LogP) is 2.15. The van der Waals surface area contributed by atoms with Gasteiger partial charge in [-0.1, -0.05) is 0 Å². The number of hydrogen-bond acceptors (Lipinski definition) is 6. The first-order valence-electron chi connectivity index (χ1n) is 9.85. The van der Waals surface area contributed by atoms with Gasteiger partial charge in [0.25, 0.3) is 0 Å². The second-order valence-corrected chi connectivity index (χ2v) is 7.43. The third-order valence-corrected chi connectivity index (χ3v) is 5.48. The first-order valence-corrected chi connectivity index (χ1v) is 9.85. The van der Waals surface area contributed by atoms with Gasteiger partial charge in [-0.05, 0) is 37.6 Å². The summed E-state index contributed by atoms with van der Waals surface area (Å²) in [5.74, 6) is 1.55. The molecule has 2 fully saturated rings. The van der Waals surface area contributed by atoms with Crippen molar-refractivity contribution in [3.05, 3.63) is 30.5 Å². The van der Waals surface area contributed by atoms with Crippen LogP contribution in [-0.2, 0) is 11.8 Å². The first-order chi connectivity index (χ1) is 14.1. The van der Waals surface area contributed by atoms with E-state index in [1.807, 2.05) is 42.9 Å². The summed E-state index contributed by atoms with van der Waals surface area (Å²) in [4.78, 5) is 23.7. The van der Waals surface area contributed by atoms with Crippen molar-refractivity contribution < 1.29 is 9.53 Å². The SMILES string of the molecule is CCNC(=O)Nc1ccc(-c2nc(N3CC4CC3CO4)c3c(cnn3C)n2)cc1. The summed E-state index contributed by atoms with van der Waals surface area (Å²) in [5, 5.41) is 9.91. The molecule has 5 rings (SSSR count). The fraction of sp³-hybridized carbons (Fsp3) is 0.400. The average Bonchev–Trinajstić information content (AvgIpc) is 3.44. The van der Waals surface area contributed by atoms with Gasteiger partial charge in [-0.25, -0.2) is 14.8 Å². The molecule has 2 unspecified atom stereocenters. The van der Waals surface area contributed by atoms with Crippen LogP contribution in [0.15, 0.2) is 30.5 Å². The number of rotatable bonds is 4. The summed E-state index contributed by atoms with van der Waals surface area (Å²) in [6.07, 6.45) is 3.10. The number of fused-ring (bicyclic) bond motifs is 3. The van der Waals surface area contributed by atoms with Gasteiger partial charge in [-0.3, -0.25) is 4.68 Å². The molecular formula is C20H23N7O2. The Morgan fingerprint density at radius 2 is 2.10 bits per heavy atom. The highest BCUT2D eigenvalue weighted by atomic mass is 16.5. The van der Waals surface area contributed by atoms with Crippen molar-refractivity contribution in [2.45, 2.75) is 25.5 Å². The second kappa shape index (κ2) is 7.00.